The van der Waals surface area contributed by atoms with Gasteiger partial charge in [0.25, 0.3) is 0 Å². The summed E-state index contributed by atoms with van der Waals surface area (Å²) in [5.41, 5.74) is 3.25. The van der Waals surface area contributed by atoms with Crippen LogP contribution in [0.3, 0.4) is 0 Å². The van der Waals surface area contributed by atoms with Gasteiger partial charge in [-0.25, -0.2) is 4.98 Å². The molecular formula is C22H33N5O2. The molecule has 3 rings (SSSR count). The number of nitrogens with zero attached hydrogens (tertiary/aromatic N) is 3. The monoisotopic (exact) mass is 399 g/mol. The average Bonchev–Trinajstić information content (AvgIpc) is 3.17. The fraction of sp³-hybridized carbons (Fsp3) is 0.591. The Morgan fingerprint density at radius 2 is 1.97 bits per heavy atom. The van der Waals surface area contributed by atoms with Crippen LogP contribution in [0.4, 0.5) is 0 Å². The lowest BCUT2D eigenvalue weighted by Crippen LogP contribution is -2.36. The third-order valence-corrected chi connectivity index (χ3v) is 5.36. The van der Waals surface area contributed by atoms with Crippen LogP contribution in [0, 0.1) is 0 Å². The molecule has 1 aliphatic carbocycles. The van der Waals surface area contributed by atoms with Gasteiger partial charge >= 0.3 is 0 Å². The molecule has 158 valence electrons. The number of aryl methyl sites for hydroxylation is 2. The molecule has 1 aliphatic rings. The highest BCUT2D eigenvalue weighted by molar-refractivity contribution is 5.79. The molecule has 29 heavy (non-hydrogen) atoms. The van der Waals surface area contributed by atoms with Crippen LogP contribution >= 0.6 is 0 Å². The zero-order valence-electron chi connectivity index (χ0n) is 17.8. The van der Waals surface area contributed by atoms with E-state index >= 15 is 0 Å². The lowest BCUT2D eigenvalue weighted by atomic mass is 9.98. The second-order valence-electron chi connectivity index (χ2n) is 7.40. The second-order valence-corrected chi connectivity index (χ2v) is 7.40. The highest BCUT2D eigenvalue weighted by Gasteiger charge is 2.16. The molecule has 7 heteroatoms. The van der Waals surface area contributed by atoms with Crippen molar-refractivity contribution >= 4 is 5.96 Å². The van der Waals surface area contributed by atoms with E-state index in [4.69, 9.17) is 9.26 Å². The minimum absolute atomic E-state index is 0.304. The third kappa shape index (κ3) is 5.95. The van der Waals surface area contributed by atoms with Crippen molar-refractivity contribution in [2.24, 2.45) is 4.99 Å². The van der Waals surface area contributed by atoms with Gasteiger partial charge < -0.3 is 19.9 Å². The van der Waals surface area contributed by atoms with Gasteiger partial charge in [-0.05, 0) is 43.7 Å². The maximum atomic E-state index is 6.07. The van der Waals surface area contributed by atoms with E-state index in [2.05, 4.69) is 39.6 Å². The predicted molar refractivity (Wildman–Crippen MR) is 114 cm³/mol. The van der Waals surface area contributed by atoms with Crippen molar-refractivity contribution in [3.63, 3.8) is 0 Å². The summed E-state index contributed by atoms with van der Waals surface area (Å²) >= 11 is 0. The van der Waals surface area contributed by atoms with Crippen LogP contribution in [0.25, 0.3) is 0 Å². The Balaban J connectivity index is 1.53. The zero-order chi connectivity index (χ0) is 20.5. The van der Waals surface area contributed by atoms with Gasteiger partial charge in [0, 0.05) is 44.4 Å². The normalized spacial score (nSPS) is 15.3. The molecule has 1 fully saturated rings. The Morgan fingerprint density at radius 1 is 1.17 bits per heavy atom. The van der Waals surface area contributed by atoms with Crippen molar-refractivity contribution in [1.82, 2.24) is 20.8 Å². The molecule has 0 saturated heterocycles. The molecule has 0 aromatic carbocycles. The van der Waals surface area contributed by atoms with Crippen LogP contribution < -0.4 is 15.4 Å². The number of aliphatic imine (C=N–C) groups is 1. The smallest absolute Gasteiger partial charge is 0.213 e. The summed E-state index contributed by atoms with van der Waals surface area (Å²) in [6, 6.07) is 4.01. The minimum Gasteiger partial charge on any atom is -0.474 e. The van der Waals surface area contributed by atoms with Crippen molar-refractivity contribution in [3.8, 4) is 5.88 Å². The van der Waals surface area contributed by atoms with Gasteiger partial charge in [0.1, 0.15) is 11.9 Å². The topological polar surface area (TPSA) is 84.6 Å². The minimum atomic E-state index is 0.304. The van der Waals surface area contributed by atoms with E-state index in [1.54, 1.807) is 7.05 Å². The molecular weight excluding hydrogens is 366 g/mol. The molecule has 2 N–H and O–H groups in total. The van der Waals surface area contributed by atoms with E-state index in [1.807, 2.05) is 18.3 Å². The fourth-order valence-corrected chi connectivity index (χ4v) is 3.69. The first-order chi connectivity index (χ1) is 14.2. The summed E-state index contributed by atoms with van der Waals surface area (Å²) in [5.74, 6) is 2.38. The van der Waals surface area contributed by atoms with Crippen molar-refractivity contribution < 1.29 is 9.26 Å². The Labute approximate surface area is 173 Å². The van der Waals surface area contributed by atoms with E-state index in [-0.39, 0.29) is 0 Å². The SMILES string of the molecule is CCc1noc(CC)c1CNC(=NC)NCc1ccnc(OC2CCCCC2)c1. The van der Waals surface area contributed by atoms with Gasteiger partial charge in [0.2, 0.25) is 5.88 Å². The highest BCUT2D eigenvalue weighted by atomic mass is 16.5. The van der Waals surface area contributed by atoms with Crippen LogP contribution in [0.15, 0.2) is 27.8 Å². The van der Waals surface area contributed by atoms with E-state index in [1.165, 1.54) is 19.3 Å². The molecule has 0 spiro atoms. The first-order valence-corrected chi connectivity index (χ1v) is 10.8. The Morgan fingerprint density at radius 3 is 2.69 bits per heavy atom. The van der Waals surface area contributed by atoms with Crippen molar-refractivity contribution in [3.05, 3.63) is 40.9 Å². The van der Waals surface area contributed by atoms with Gasteiger partial charge in [-0.2, -0.15) is 0 Å². The summed E-state index contributed by atoms with van der Waals surface area (Å²) in [7, 11) is 1.77. The van der Waals surface area contributed by atoms with E-state index < -0.39 is 0 Å². The molecule has 1 saturated carbocycles. The van der Waals surface area contributed by atoms with Crippen LogP contribution in [0.2, 0.25) is 0 Å². The van der Waals surface area contributed by atoms with E-state index in [0.717, 1.165) is 54.2 Å². The number of hydrogen-bond donors (Lipinski definition) is 2. The largest absolute Gasteiger partial charge is 0.474 e. The number of pyridine rings is 1. The third-order valence-electron chi connectivity index (χ3n) is 5.36. The Bertz CT molecular complexity index is 775. The number of guanidine groups is 1. The average molecular weight is 400 g/mol. The zero-order valence-corrected chi connectivity index (χ0v) is 17.8. The number of hydrogen-bond acceptors (Lipinski definition) is 5. The van der Waals surface area contributed by atoms with E-state index in [9.17, 15) is 0 Å². The van der Waals surface area contributed by atoms with Crippen molar-refractivity contribution in [1.29, 1.82) is 0 Å². The lowest BCUT2D eigenvalue weighted by Gasteiger charge is -2.22. The van der Waals surface area contributed by atoms with Crippen LogP contribution in [-0.2, 0) is 25.9 Å². The molecule has 0 aliphatic heterocycles. The fourth-order valence-electron chi connectivity index (χ4n) is 3.69. The molecule has 0 unspecified atom stereocenters. The molecule has 2 heterocycles. The summed E-state index contributed by atoms with van der Waals surface area (Å²) in [6.45, 7) is 5.45. The molecule has 0 amide bonds. The summed E-state index contributed by atoms with van der Waals surface area (Å²) in [5, 5.41) is 10.9. The van der Waals surface area contributed by atoms with Crippen LogP contribution in [0.5, 0.6) is 5.88 Å². The first kappa shape index (κ1) is 21.1. The van der Waals surface area contributed by atoms with Gasteiger partial charge in [0.05, 0.1) is 5.69 Å². The maximum absolute atomic E-state index is 6.07. The van der Waals surface area contributed by atoms with Gasteiger partial charge in [0.15, 0.2) is 5.96 Å². The lowest BCUT2D eigenvalue weighted by molar-refractivity contribution is 0.148. The first-order valence-electron chi connectivity index (χ1n) is 10.8. The van der Waals surface area contributed by atoms with Gasteiger partial charge in [-0.1, -0.05) is 25.4 Å². The van der Waals surface area contributed by atoms with E-state index in [0.29, 0.717) is 25.1 Å². The summed E-state index contributed by atoms with van der Waals surface area (Å²) in [6.07, 6.45) is 9.87. The van der Waals surface area contributed by atoms with Crippen LogP contribution in [0.1, 0.15) is 68.5 Å². The quantitative estimate of drug-likeness (QED) is 0.519. The predicted octanol–water partition coefficient (Wildman–Crippen LogP) is 3.77. The number of ether oxygens (including phenoxy) is 1. The molecule has 0 radical (unpaired) electrons. The molecule has 2 aromatic heterocycles. The Kier molecular flexibility index (Phi) is 7.90. The second kappa shape index (κ2) is 10.8. The Hall–Kier alpha value is -2.57. The van der Waals surface area contributed by atoms with Gasteiger partial charge in [-0.3, -0.25) is 4.99 Å². The number of nitrogens with one attached hydrogen (secondary N) is 2. The van der Waals surface area contributed by atoms with Gasteiger partial charge in [-0.15, -0.1) is 0 Å². The number of aromatic nitrogens is 2. The van der Waals surface area contributed by atoms with Crippen molar-refractivity contribution in [2.45, 2.75) is 78.0 Å². The molecule has 2 aromatic rings. The standard InChI is InChI=1S/C22H33N5O2/c1-4-19-18(20(5-2)29-27-19)15-26-22(23-3)25-14-16-11-12-24-21(13-16)28-17-9-7-6-8-10-17/h11-13,17H,4-10,14-15H2,1-3H3,(H2,23,25,26). The maximum Gasteiger partial charge on any atom is 0.213 e. The van der Waals surface area contributed by atoms with Crippen molar-refractivity contribution in [2.75, 3.05) is 7.05 Å². The summed E-state index contributed by atoms with van der Waals surface area (Å²) < 4.78 is 11.5. The molecule has 0 bridgehead atoms. The molecule has 0 atom stereocenters. The highest BCUT2D eigenvalue weighted by Crippen LogP contribution is 2.22. The molecule has 7 nitrogen and oxygen atoms in total. The number of rotatable bonds is 8. The van der Waals surface area contributed by atoms with Crippen LogP contribution in [-0.4, -0.2) is 29.3 Å². The summed E-state index contributed by atoms with van der Waals surface area (Å²) in [4.78, 5) is 8.70.